The molecule has 3 N–H and O–H groups in total. The van der Waals surface area contributed by atoms with E-state index in [9.17, 15) is 4.79 Å². The van der Waals surface area contributed by atoms with E-state index in [1.807, 2.05) is 11.9 Å². The van der Waals surface area contributed by atoms with Crippen molar-refractivity contribution in [1.29, 1.82) is 0 Å². The number of rotatable bonds is 3. The summed E-state index contributed by atoms with van der Waals surface area (Å²) in [6, 6.07) is 0. The van der Waals surface area contributed by atoms with Gasteiger partial charge < -0.3 is 10.5 Å². The number of nitrogens with one attached hydrogen (secondary N) is 1. The first-order valence-electron chi connectivity index (χ1n) is 5.53. The van der Waals surface area contributed by atoms with Crippen LogP contribution in [-0.4, -0.2) is 42.8 Å². The summed E-state index contributed by atoms with van der Waals surface area (Å²) >= 11 is 0. The summed E-state index contributed by atoms with van der Waals surface area (Å²) in [4.78, 5) is 11.9. The van der Waals surface area contributed by atoms with Gasteiger partial charge in [0.05, 0.1) is 18.8 Å². The number of ether oxygens (including phenoxy) is 1. The number of morpholine rings is 1. The molecule has 1 aliphatic carbocycles. The minimum Gasteiger partial charge on any atom is -0.379 e. The van der Waals surface area contributed by atoms with E-state index in [-0.39, 0.29) is 5.91 Å². The van der Waals surface area contributed by atoms with Gasteiger partial charge in [-0.2, -0.15) is 0 Å². The first-order chi connectivity index (χ1) is 7.10. The Hall–Kier alpha value is -0.650. The van der Waals surface area contributed by atoms with Crippen molar-refractivity contribution in [1.82, 2.24) is 10.4 Å². The lowest BCUT2D eigenvalue weighted by atomic mass is 9.97. The van der Waals surface area contributed by atoms with Crippen LogP contribution in [0.25, 0.3) is 0 Å². The van der Waals surface area contributed by atoms with Gasteiger partial charge in [-0.25, -0.2) is 5.01 Å². The van der Waals surface area contributed by atoms with E-state index in [0.717, 1.165) is 25.9 Å². The monoisotopic (exact) mass is 213 g/mol. The molecule has 2 fully saturated rings. The maximum Gasteiger partial charge on any atom is 0.254 e. The molecular formula is C10H19N3O2. The molecule has 1 aliphatic heterocycles. The molecular weight excluding hydrogens is 194 g/mol. The molecule has 86 valence electrons. The van der Waals surface area contributed by atoms with Crippen LogP contribution in [0.1, 0.15) is 19.8 Å². The Bertz CT molecular complexity index is 245. The van der Waals surface area contributed by atoms with Crippen molar-refractivity contribution in [3.63, 3.8) is 0 Å². The third kappa shape index (κ3) is 2.48. The third-order valence-electron chi connectivity index (χ3n) is 3.19. The Balaban J connectivity index is 1.84. The van der Waals surface area contributed by atoms with Crippen LogP contribution < -0.4 is 11.2 Å². The van der Waals surface area contributed by atoms with Crippen molar-refractivity contribution in [2.24, 2.45) is 11.7 Å². The van der Waals surface area contributed by atoms with Gasteiger partial charge in [-0.15, -0.1) is 0 Å². The predicted molar refractivity (Wildman–Crippen MR) is 55.9 cm³/mol. The summed E-state index contributed by atoms with van der Waals surface area (Å²) in [5.41, 5.74) is 8.17. The average Bonchev–Trinajstić information content (AvgIpc) is 3.02. The fourth-order valence-corrected chi connectivity index (χ4v) is 1.81. The summed E-state index contributed by atoms with van der Waals surface area (Å²) in [5, 5.41) is 1.89. The minimum absolute atomic E-state index is 0.0631. The minimum atomic E-state index is -0.710. The molecule has 1 heterocycles. The van der Waals surface area contributed by atoms with Crippen LogP contribution in [0.5, 0.6) is 0 Å². The molecule has 1 unspecified atom stereocenters. The van der Waals surface area contributed by atoms with Crippen molar-refractivity contribution in [2.75, 3.05) is 26.3 Å². The number of nitrogens with zero attached hydrogens (tertiary/aromatic N) is 1. The van der Waals surface area contributed by atoms with Gasteiger partial charge in [-0.05, 0) is 25.7 Å². The molecule has 0 aromatic rings. The van der Waals surface area contributed by atoms with Gasteiger partial charge in [0, 0.05) is 13.1 Å². The summed E-state index contributed by atoms with van der Waals surface area (Å²) in [6.45, 7) is 4.65. The summed E-state index contributed by atoms with van der Waals surface area (Å²) in [6.07, 6.45) is 2.15. The second kappa shape index (κ2) is 4.08. The molecule has 0 bridgehead atoms. The molecule has 15 heavy (non-hydrogen) atoms. The highest BCUT2D eigenvalue weighted by atomic mass is 16.5. The summed E-state index contributed by atoms with van der Waals surface area (Å²) < 4.78 is 5.20. The number of nitrogens with two attached hydrogens (primary N) is 1. The first-order valence-corrected chi connectivity index (χ1v) is 5.53. The van der Waals surface area contributed by atoms with Crippen LogP contribution in [0, 0.1) is 5.92 Å². The zero-order valence-electron chi connectivity index (χ0n) is 9.16. The SMILES string of the molecule is CC(N)(C(=O)NN1CCOCC1)C1CC1. The van der Waals surface area contributed by atoms with E-state index < -0.39 is 5.54 Å². The predicted octanol–water partition coefficient (Wildman–Crippen LogP) is -0.523. The second-order valence-corrected chi connectivity index (χ2v) is 4.60. The number of hydrazine groups is 1. The summed E-state index contributed by atoms with van der Waals surface area (Å²) in [7, 11) is 0. The lowest BCUT2D eigenvalue weighted by Crippen LogP contribution is -2.59. The molecule has 2 rings (SSSR count). The molecule has 0 spiro atoms. The number of amides is 1. The quantitative estimate of drug-likeness (QED) is 0.662. The Kier molecular flexibility index (Phi) is 2.95. The van der Waals surface area contributed by atoms with Crippen LogP contribution in [0.3, 0.4) is 0 Å². The lowest BCUT2D eigenvalue weighted by molar-refractivity contribution is -0.133. The Morgan fingerprint density at radius 1 is 1.47 bits per heavy atom. The topological polar surface area (TPSA) is 67.6 Å². The number of carbonyl (C=O) groups excluding carboxylic acids is 1. The third-order valence-corrected chi connectivity index (χ3v) is 3.19. The average molecular weight is 213 g/mol. The van der Waals surface area contributed by atoms with Gasteiger partial charge in [0.1, 0.15) is 0 Å². The van der Waals surface area contributed by atoms with Gasteiger partial charge in [0.15, 0.2) is 0 Å². The molecule has 1 saturated heterocycles. The van der Waals surface area contributed by atoms with Gasteiger partial charge in [0.25, 0.3) is 5.91 Å². The standard InChI is InChI=1S/C10H19N3O2/c1-10(11,8-2-3-8)9(14)12-13-4-6-15-7-5-13/h8H,2-7,11H2,1H3,(H,12,14). The van der Waals surface area contributed by atoms with Gasteiger partial charge in [-0.1, -0.05) is 0 Å². The van der Waals surface area contributed by atoms with Crippen LogP contribution in [0.2, 0.25) is 0 Å². The van der Waals surface area contributed by atoms with E-state index in [2.05, 4.69) is 5.43 Å². The molecule has 2 aliphatic rings. The van der Waals surface area contributed by atoms with Gasteiger partial charge in [-0.3, -0.25) is 10.2 Å². The van der Waals surface area contributed by atoms with Crippen LogP contribution in [0.15, 0.2) is 0 Å². The van der Waals surface area contributed by atoms with Crippen molar-refractivity contribution >= 4 is 5.91 Å². The highest BCUT2D eigenvalue weighted by Crippen LogP contribution is 2.38. The fraction of sp³-hybridized carbons (Fsp3) is 0.900. The number of hydrogen-bond acceptors (Lipinski definition) is 4. The van der Waals surface area contributed by atoms with Crippen molar-refractivity contribution in [3.8, 4) is 0 Å². The van der Waals surface area contributed by atoms with E-state index >= 15 is 0 Å². The zero-order valence-corrected chi connectivity index (χ0v) is 9.16. The van der Waals surface area contributed by atoms with E-state index in [4.69, 9.17) is 10.5 Å². The molecule has 5 heteroatoms. The fourth-order valence-electron chi connectivity index (χ4n) is 1.81. The lowest BCUT2D eigenvalue weighted by Gasteiger charge is -2.31. The molecule has 1 amide bonds. The van der Waals surface area contributed by atoms with Crippen LogP contribution in [-0.2, 0) is 9.53 Å². The highest BCUT2D eigenvalue weighted by Gasteiger charge is 2.44. The normalized spacial score (nSPS) is 27.1. The molecule has 1 saturated carbocycles. The Morgan fingerprint density at radius 2 is 2.07 bits per heavy atom. The van der Waals surface area contributed by atoms with Crippen molar-refractivity contribution in [2.45, 2.75) is 25.3 Å². The molecule has 0 radical (unpaired) electrons. The second-order valence-electron chi connectivity index (χ2n) is 4.60. The van der Waals surface area contributed by atoms with Crippen LogP contribution >= 0.6 is 0 Å². The van der Waals surface area contributed by atoms with E-state index in [1.54, 1.807) is 0 Å². The van der Waals surface area contributed by atoms with Crippen molar-refractivity contribution in [3.05, 3.63) is 0 Å². The van der Waals surface area contributed by atoms with E-state index in [0.29, 0.717) is 19.1 Å². The first kappa shape index (κ1) is 10.9. The maximum absolute atomic E-state index is 11.9. The molecule has 0 aromatic carbocycles. The zero-order chi connectivity index (χ0) is 10.9. The number of hydrogen-bond donors (Lipinski definition) is 2. The van der Waals surface area contributed by atoms with Gasteiger partial charge in [0.2, 0.25) is 0 Å². The number of carbonyl (C=O) groups is 1. The largest absolute Gasteiger partial charge is 0.379 e. The molecule has 1 atom stereocenters. The smallest absolute Gasteiger partial charge is 0.254 e. The Morgan fingerprint density at radius 3 is 2.60 bits per heavy atom. The van der Waals surface area contributed by atoms with Crippen LogP contribution in [0.4, 0.5) is 0 Å². The van der Waals surface area contributed by atoms with Crippen molar-refractivity contribution < 1.29 is 9.53 Å². The Labute approximate surface area is 89.9 Å². The molecule has 0 aromatic heterocycles. The van der Waals surface area contributed by atoms with Gasteiger partial charge >= 0.3 is 0 Å². The van der Waals surface area contributed by atoms with E-state index in [1.165, 1.54) is 0 Å². The summed E-state index contributed by atoms with van der Waals surface area (Å²) in [5.74, 6) is 0.297. The highest BCUT2D eigenvalue weighted by molar-refractivity contribution is 5.86. The molecule has 5 nitrogen and oxygen atoms in total. The maximum atomic E-state index is 11.9.